The molecule has 6 nitrogen and oxygen atoms in total. The number of aromatic nitrogens is 4. The Bertz CT molecular complexity index is 1470. The minimum absolute atomic E-state index is 0.212. The van der Waals surface area contributed by atoms with E-state index in [1.54, 1.807) is 12.4 Å². The lowest BCUT2D eigenvalue weighted by Crippen LogP contribution is -2.34. The van der Waals surface area contributed by atoms with Crippen molar-refractivity contribution in [3.63, 3.8) is 0 Å². The van der Waals surface area contributed by atoms with Crippen LogP contribution in [-0.4, -0.2) is 44.6 Å². The minimum Gasteiger partial charge on any atom is -0.378 e. The Kier molecular flexibility index (Phi) is 5.66. The quantitative estimate of drug-likeness (QED) is 0.364. The van der Waals surface area contributed by atoms with Crippen molar-refractivity contribution in [3.05, 3.63) is 85.1 Å². The van der Waals surface area contributed by atoms with Crippen LogP contribution in [0.2, 0.25) is 0 Å². The monoisotopic (exact) mass is 462 g/mol. The molecule has 1 aliphatic heterocycles. The van der Waals surface area contributed by atoms with Gasteiger partial charge in [-0.15, -0.1) is 0 Å². The summed E-state index contributed by atoms with van der Waals surface area (Å²) in [6, 6.07) is 17.6. The van der Waals surface area contributed by atoms with E-state index in [0.717, 1.165) is 40.9 Å². The summed E-state index contributed by atoms with van der Waals surface area (Å²) >= 11 is 0. The molecule has 0 aliphatic carbocycles. The van der Waals surface area contributed by atoms with Gasteiger partial charge in [-0.3, -0.25) is 15.0 Å². The Morgan fingerprint density at radius 3 is 2.51 bits per heavy atom. The number of nitrogens with zero attached hydrogens (tertiary/aromatic N) is 5. The number of hydrogen-bond acceptors (Lipinski definition) is 5. The number of pyridine rings is 1. The van der Waals surface area contributed by atoms with Gasteiger partial charge in [-0.05, 0) is 91.8 Å². The highest BCUT2D eigenvalue weighted by atomic mass is 15.1. The van der Waals surface area contributed by atoms with Crippen molar-refractivity contribution in [2.45, 2.75) is 18.9 Å². The molecule has 1 N–H and O–H groups in total. The lowest BCUT2D eigenvalue weighted by atomic mass is 9.85. The Morgan fingerprint density at radius 1 is 0.886 bits per heavy atom. The molecule has 0 amide bonds. The summed E-state index contributed by atoms with van der Waals surface area (Å²) in [6.07, 6.45) is 11.8. The Labute approximate surface area is 205 Å². The van der Waals surface area contributed by atoms with E-state index in [9.17, 15) is 0 Å². The molecule has 1 fully saturated rings. The number of piperidine rings is 1. The predicted molar refractivity (Wildman–Crippen MR) is 142 cm³/mol. The maximum absolute atomic E-state index is 4.71. The SMILES string of the molecule is CN1CCC(C(Nc2cc(-c3ccc4ccn(C)c4c3)c3nccnc3c2)c2ccncc2)CC1. The Hall–Kier alpha value is -3.77. The van der Waals surface area contributed by atoms with E-state index < -0.39 is 0 Å². The van der Waals surface area contributed by atoms with Gasteiger partial charge in [0.05, 0.1) is 17.1 Å². The van der Waals surface area contributed by atoms with Gasteiger partial charge in [-0.2, -0.15) is 0 Å². The molecule has 5 aromatic rings. The molecule has 6 heteroatoms. The van der Waals surface area contributed by atoms with E-state index in [1.807, 2.05) is 12.4 Å². The van der Waals surface area contributed by atoms with E-state index in [0.29, 0.717) is 5.92 Å². The van der Waals surface area contributed by atoms with Gasteiger partial charge in [0.15, 0.2) is 0 Å². The third-order valence-electron chi connectivity index (χ3n) is 7.39. The fraction of sp³-hybridized carbons (Fsp3) is 0.276. The summed E-state index contributed by atoms with van der Waals surface area (Å²) in [5, 5.41) is 5.14. The molecule has 1 aliphatic rings. The fourth-order valence-corrected chi connectivity index (χ4v) is 5.39. The van der Waals surface area contributed by atoms with Gasteiger partial charge in [0, 0.05) is 54.8 Å². The summed E-state index contributed by atoms with van der Waals surface area (Å²) in [6.45, 7) is 2.25. The number of rotatable bonds is 5. The predicted octanol–water partition coefficient (Wildman–Crippen LogP) is 5.68. The van der Waals surface area contributed by atoms with Crippen molar-refractivity contribution in [3.8, 4) is 11.1 Å². The van der Waals surface area contributed by atoms with Crippen molar-refractivity contribution < 1.29 is 0 Å². The van der Waals surface area contributed by atoms with Gasteiger partial charge in [0.1, 0.15) is 0 Å². The van der Waals surface area contributed by atoms with Crippen LogP contribution in [-0.2, 0) is 7.05 Å². The second kappa shape index (κ2) is 9.12. The van der Waals surface area contributed by atoms with Crippen molar-refractivity contribution in [2.24, 2.45) is 13.0 Å². The largest absolute Gasteiger partial charge is 0.378 e. The number of hydrogen-bond donors (Lipinski definition) is 1. The zero-order chi connectivity index (χ0) is 23.8. The topological polar surface area (TPSA) is 58.9 Å². The van der Waals surface area contributed by atoms with Gasteiger partial charge < -0.3 is 14.8 Å². The molecule has 1 atom stereocenters. The first-order chi connectivity index (χ1) is 17.2. The molecule has 176 valence electrons. The zero-order valence-corrected chi connectivity index (χ0v) is 20.2. The summed E-state index contributed by atoms with van der Waals surface area (Å²) in [5.74, 6) is 0.550. The van der Waals surface area contributed by atoms with Crippen LogP contribution in [0.1, 0.15) is 24.4 Å². The molecule has 0 spiro atoms. The smallest absolute Gasteiger partial charge is 0.0966 e. The van der Waals surface area contributed by atoms with Gasteiger partial charge in [-0.25, -0.2) is 0 Å². The number of likely N-dealkylation sites (tertiary alicyclic amines) is 1. The van der Waals surface area contributed by atoms with Crippen molar-refractivity contribution >= 4 is 27.6 Å². The molecule has 1 unspecified atom stereocenters. The first-order valence-electron chi connectivity index (χ1n) is 12.3. The van der Waals surface area contributed by atoms with Crippen LogP contribution < -0.4 is 5.32 Å². The van der Waals surface area contributed by atoms with Gasteiger partial charge in [-0.1, -0.05) is 12.1 Å². The Morgan fingerprint density at radius 2 is 1.69 bits per heavy atom. The summed E-state index contributed by atoms with van der Waals surface area (Å²) < 4.78 is 2.16. The fourth-order valence-electron chi connectivity index (χ4n) is 5.39. The van der Waals surface area contributed by atoms with E-state index in [4.69, 9.17) is 4.98 Å². The molecule has 1 saturated heterocycles. The third-order valence-corrected chi connectivity index (χ3v) is 7.39. The third kappa shape index (κ3) is 4.26. The zero-order valence-electron chi connectivity index (χ0n) is 20.2. The van der Waals surface area contributed by atoms with Crippen molar-refractivity contribution in [2.75, 3.05) is 25.5 Å². The molecule has 0 bridgehead atoms. The van der Waals surface area contributed by atoms with Crippen LogP contribution in [0.4, 0.5) is 5.69 Å². The highest BCUT2D eigenvalue weighted by molar-refractivity contribution is 5.97. The Balaban J connectivity index is 1.44. The molecule has 0 radical (unpaired) electrons. The van der Waals surface area contributed by atoms with E-state index >= 15 is 0 Å². The summed E-state index contributed by atoms with van der Waals surface area (Å²) in [7, 11) is 4.30. The number of anilines is 1. The van der Waals surface area contributed by atoms with Crippen molar-refractivity contribution in [1.82, 2.24) is 24.4 Å². The second-order valence-electron chi connectivity index (χ2n) is 9.69. The average Bonchev–Trinajstić information content (AvgIpc) is 3.28. The van der Waals surface area contributed by atoms with Crippen LogP contribution >= 0.6 is 0 Å². The van der Waals surface area contributed by atoms with Crippen LogP contribution in [0.5, 0.6) is 0 Å². The molecule has 4 heterocycles. The number of fused-ring (bicyclic) bond motifs is 2. The first-order valence-corrected chi connectivity index (χ1v) is 12.3. The molecular weight excluding hydrogens is 432 g/mol. The molecular formula is C29H30N6. The van der Waals surface area contributed by atoms with E-state index in [1.165, 1.54) is 29.3 Å². The summed E-state index contributed by atoms with van der Waals surface area (Å²) in [4.78, 5) is 16.1. The second-order valence-corrected chi connectivity index (χ2v) is 9.69. The molecule has 2 aromatic carbocycles. The van der Waals surface area contributed by atoms with Gasteiger partial charge in [0.25, 0.3) is 0 Å². The van der Waals surface area contributed by atoms with Crippen LogP contribution in [0.15, 0.2) is 79.5 Å². The average molecular weight is 463 g/mol. The number of aryl methyl sites for hydroxylation is 1. The number of nitrogens with one attached hydrogen (secondary N) is 1. The van der Waals surface area contributed by atoms with Crippen molar-refractivity contribution in [1.29, 1.82) is 0 Å². The van der Waals surface area contributed by atoms with E-state index in [-0.39, 0.29) is 6.04 Å². The molecule has 6 rings (SSSR count). The lowest BCUT2D eigenvalue weighted by molar-refractivity contribution is 0.204. The maximum Gasteiger partial charge on any atom is 0.0966 e. The van der Waals surface area contributed by atoms with Gasteiger partial charge in [0.2, 0.25) is 0 Å². The highest BCUT2D eigenvalue weighted by Gasteiger charge is 2.27. The van der Waals surface area contributed by atoms with E-state index in [2.05, 4.69) is 93.6 Å². The summed E-state index contributed by atoms with van der Waals surface area (Å²) in [5.41, 5.74) is 7.62. The van der Waals surface area contributed by atoms with Gasteiger partial charge >= 0.3 is 0 Å². The molecule has 0 saturated carbocycles. The first kappa shape index (κ1) is 21.7. The van der Waals surface area contributed by atoms with Crippen LogP contribution in [0, 0.1) is 5.92 Å². The maximum atomic E-state index is 4.71. The number of benzene rings is 2. The minimum atomic E-state index is 0.212. The van der Waals surface area contributed by atoms with Crippen LogP contribution in [0.3, 0.4) is 0 Å². The normalized spacial score (nSPS) is 16.1. The van der Waals surface area contributed by atoms with Crippen LogP contribution in [0.25, 0.3) is 33.1 Å². The molecule has 3 aromatic heterocycles. The highest BCUT2D eigenvalue weighted by Crippen LogP contribution is 2.37. The molecule has 35 heavy (non-hydrogen) atoms. The lowest BCUT2D eigenvalue weighted by Gasteiger charge is -2.35. The standard InChI is InChI=1S/C29H30N6/c1-34-14-7-22(8-15-34)28(21-5-10-30-11-6-21)33-24-18-25(29-26(19-24)31-12-13-32-29)23-4-3-20-9-16-35(2)27(20)17-23/h3-6,9-13,16-19,22,28,33H,7-8,14-15H2,1-2H3.